The van der Waals surface area contributed by atoms with Crippen LogP contribution in [0, 0.1) is 6.92 Å². The lowest BCUT2D eigenvalue weighted by molar-refractivity contribution is -0.120. The molecule has 0 spiro atoms. The van der Waals surface area contributed by atoms with Crippen LogP contribution in [-0.2, 0) is 10.2 Å². The van der Waals surface area contributed by atoms with E-state index >= 15 is 0 Å². The first kappa shape index (κ1) is 17.1. The van der Waals surface area contributed by atoms with Gasteiger partial charge in [0.15, 0.2) is 0 Å². The van der Waals surface area contributed by atoms with Crippen LogP contribution in [0.25, 0.3) is 0 Å². The Hall–Kier alpha value is -0.960. The minimum atomic E-state index is -0.0598. The third-order valence-corrected chi connectivity index (χ3v) is 4.54. The molecular formula is C17H27NOS. The van der Waals surface area contributed by atoms with Gasteiger partial charge in [0.25, 0.3) is 0 Å². The maximum absolute atomic E-state index is 12.0. The highest BCUT2D eigenvalue weighted by Crippen LogP contribution is 2.31. The lowest BCUT2D eigenvalue weighted by Gasteiger charge is -2.21. The third kappa shape index (κ3) is 4.86. The molecule has 2 nitrogen and oxygen atoms in total. The molecule has 1 aromatic rings. The zero-order chi connectivity index (χ0) is 15.3. The fourth-order valence-corrected chi connectivity index (χ4v) is 2.85. The molecule has 0 saturated carbocycles. The molecule has 1 amide bonds. The second-order valence-corrected chi connectivity index (χ2v) is 7.66. The zero-order valence-electron chi connectivity index (χ0n) is 13.5. The summed E-state index contributed by atoms with van der Waals surface area (Å²) in [4.78, 5) is 13.2. The summed E-state index contributed by atoms with van der Waals surface area (Å²) in [6.45, 7) is 13.5. The molecule has 0 aromatic heterocycles. The Morgan fingerprint density at radius 2 is 2.00 bits per heavy atom. The Bertz CT molecular complexity index is 463. The van der Waals surface area contributed by atoms with Crippen molar-refractivity contribution >= 4 is 17.7 Å². The van der Waals surface area contributed by atoms with Gasteiger partial charge in [-0.05, 0) is 42.9 Å². The molecule has 3 heteroatoms. The molecule has 0 fully saturated rings. The van der Waals surface area contributed by atoms with Gasteiger partial charge in [0.2, 0.25) is 5.91 Å². The van der Waals surface area contributed by atoms with Crippen LogP contribution in [0.4, 0.5) is 0 Å². The molecule has 0 aliphatic rings. The summed E-state index contributed by atoms with van der Waals surface area (Å²) in [6.07, 6.45) is 0.974. The van der Waals surface area contributed by atoms with Crippen molar-refractivity contribution in [3.8, 4) is 0 Å². The number of aryl methyl sites for hydroxylation is 1. The average Bonchev–Trinajstić information content (AvgIpc) is 2.37. The molecule has 0 aliphatic heterocycles. The van der Waals surface area contributed by atoms with E-state index in [-0.39, 0.29) is 16.6 Å². The van der Waals surface area contributed by atoms with Crippen LogP contribution in [-0.4, -0.2) is 17.7 Å². The number of benzene rings is 1. The van der Waals surface area contributed by atoms with E-state index in [1.165, 1.54) is 16.0 Å². The number of carbonyl (C=O) groups excluding carboxylic acids is 1. The predicted octanol–water partition coefficient (Wildman–Crippen LogP) is 4.30. The standard InChI is InChI=1S/C17H27NOS/c1-7-10-18-16(19)13(3)20-15-11-14(17(4,5)6)9-8-12(15)2/h8-9,11,13H,7,10H2,1-6H3,(H,18,19). The zero-order valence-corrected chi connectivity index (χ0v) is 14.4. The Balaban J connectivity index is 2.83. The van der Waals surface area contributed by atoms with Crippen molar-refractivity contribution in [1.29, 1.82) is 0 Å². The Labute approximate surface area is 127 Å². The minimum absolute atomic E-state index is 0.0598. The van der Waals surface area contributed by atoms with Gasteiger partial charge in [-0.3, -0.25) is 4.79 Å². The summed E-state index contributed by atoms with van der Waals surface area (Å²) in [5.74, 6) is 0.123. The first-order chi connectivity index (χ1) is 9.25. The highest BCUT2D eigenvalue weighted by molar-refractivity contribution is 8.00. The lowest BCUT2D eigenvalue weighted by Crippen LogP contribution is -2.31. The van der Waals surface area contributed by atoms with Gasteiger partial charge in [0.05, 0.1) is 5.25 Å². The number of nitrogens with one attached hydrogen (secondary N) is 1. The largest absolute Gasteiger partial charge is 0.355 e. The molecule has 112 valence electrons. The van der Waals surface area contributed by atoms with Crippen molar-refractivity contribution in [2.45, 2.75) is 63.5 Å². The van der Waals surface area contributed by atoms with Crippen LogP contribution in [0.1, 0.15) is 52.2 Å². The molecule has 1 rings (SSSR count). The van der Waals surface area contributed by atoms with E-state index < -0.39 is 0 Å². The number of carbonyl (C=O) groups is 1. The third-order valence-electron chi connectivity index (χ3n) is 3.28. The average molecular weight is 293 g/mol. The normalized spacial score (nSPS) is 13.1. The van der Waals surface area contributed by atoms with Crippen LogP contribution in [0.3, 0.4) is 0 Å². The van der Waals surface area contributed by atoms with Crippen molar-refractivity contribution in [3.63, 3.8) is 0 Å². The summed E-state index contributed by atoms with van der Waals surface area (Å²) in [6, 6.07) is 6.56. The number of rotatable bonds is 5. The fourth-order valence-electron chi connectivity index (χ4n) is 1.83. The van der Waals surface area contributed by atoms with Crippen molar-refractivity contribution < 1.29 is 4.79 Å². The Morgan fingerprint density at radius 3 is 2.55 bits per heavy atom. The molecule has 1 atom stereocenters. The molecule has 0 saturated heterocycles. The molecule has 0 aliphatic carbocycles. The van der Waals surface area contributed by atoms with Crippen LogP contribution >= 0.6 is 11.8 Å². The fraction of sp³-hybridized carbons (Fsp3) is 0.588. The van der Waals surface area contributed by atoms with E-state index in [4.69, 9.17) is 0 Å². The number of hydrogen-bond acceptors (Lipinski definition) is 2. The van der Waals surface area contributed by atoms with Gasteiger partial charge in [0.1, 0.15) is 0 Å². The van der Waals surface area contributed by atoms with E-state index in [9.17, 15) is 4.79 Å². The Morgan fingerprint density at radius 1 is 1.35 bits per heavy atom. The van der Waals surface area contributed by atoms with E-state index in [0.717, 1.165) is 13.0 Å². The van der Waals surface area contributed by atoms with Crippen molar-refractivity contribution in [2.75, 3.05) is 6.54 Å². The maximum atomic E-state index is 12.0. The second-order valence-electron chi connectivity index (χ2n) is 6.28. The van der Waals surface area contributed by atoms with E-state index in [1.807, 2.05) is 6.92 Å². The summed E-state index contributed by atoms with van der Waals surface area (Å²) in [5.41, 5.74) is 2.68. The summed E-state index contributed by atoms with van der Waals surface area (Å²) in [7, 11) is 0. The highest BCUT2D eigenvalue weighted by atomic mass is 32.2. The van der Waals surface area contributed by atoms with Crippen molar-refractivity contribution in [3.05, 3.63) is 29.3 Å². The van der Waals surface area contributed by atoms with Gasteiger partial charge < -0.3 is 5.32 Å². The van der Waals surface area contributed by atoms with E-state index in [0.29, 0.717) is 0 Å². The molecular weight excluding hydrogens is 266 g/mol. The lowest BCUT2D eigenvalue weighted by atomic mass is 9.87. The highest BCUT2D eigenvalue weighted by Gasteiger charge is 2.18. The first-order valence-electron chi connectivity index (χ1n) is 7.31. The minimum Gasteiger partial charge on any atom is -0.355 e. The topological polar surface area (TPSA) is 29.1 Å². The quantitative estimate of drug-likeness (QED) is 0.820. The monoisotopic (exact) mass is 293 g/mol. The smallest absolute Gasteiger partial charge is 0.233 e. The SMILES string of the molecule is CCCNC(=O)C(C)Sc1cc(C(C)(C)C)ccc1C. The van der Waals surface area contributed by atoms with Gasteiger partial charge in [0, 0.05) is 11.4 Å². The van der Waals surface area contributed by atoms with Gasteiger partial charge in [-0.1, -0.05) is 39.8 Å². The van der Waals surface area contributed by atoms with Crippen LogP contribution in [0.5, 0.6) is 0 Å². The molecule has 0 bridgehead atoms. The molecule has 0 radical (unpaired) electrons. The van der Waals surface area contributed by atoms with E-state index in [2.05, 4.69) is 58.1 Å². The summed E-state index contributed by atoms with van der Waals surface area (Å²) >= 11 is 1.65. The molecule has 20 heavy (non-hydrogen) atoms. The number of hydrogen-bond donors (Lipinski definition) is 1. The van der Waals surface area contributed by atoms with E-state index in [1.54, 1.807) is 11.8 Å². The van der Waals surface area contributed by atoms with Crippen molar-refractivity contribution in [1.82, 2.24) is 5.32 Å². The first-order valence-corrected chi connectivity index (χ1v) is 8.19. The Kier molecular flexibility index (Phi) is 6.12. The predicted molar refractivity (Wildman–Crippen MR) is 88.5 cm³/mol. The van der Waals surface area contributed by atoms with Crippen LogP contribution in [0.2, 0.25) is 0 Å². The number of thioether (sulfide) groups is 1. The second kappa shape index (κ2) is 7.16. The maximum Gasteiger partial charge on any atom is 0.233 e. The van der Waals surface area contributed by atoms with Crippen molar-refractivity contribution in [2.24, 2.45) is 0 Å². The molecule has 1 N–H and O–H groups in total. The summed E-state index contributed by atoms with van der Waals surface area (Å²) in [5, 5.41) is 2.90. The molecule has 1 aromatic carbocycles. The summed E-state index contributed by atoms with van der Waals surface area (Å²) < 4.78 is 0. The van der Waals surface area contributed by atoms with Gasteiger partial charge in [-0.15, -0.1) is 11.8 Å². The van der Waals surface area contributed by atoms with Gasteiger partial charge in [-0.25, -0.2) is 0 Å². The molecule has 1 unspecified atom stereocenters. The molecule has 0 heterocycles. The van der Waals surface area contributed by atoms with Crippen LogP contribution in [0.15, 0.2) is 23.1 Å². The number of amides is 1. The van der Waals surface area contributed by atoms with Crippen LogP contribution < -0.4 is 5.32 Å². The van der Waals surface area contributed by atoms with Gasteiger partial charge in [-0.2, -0.15) is 0 Å². The van der Waals surface area contributed by atoms with Gasteiger partial charge >= 0.3 is 0 Å².